The van der Waals surface area contributed by atoms with Gasteiger partial charge in [-0.2, -0.15) is 0 Å². The zero-order valence-electron chi connectivity index (χ0n) is 9.47. The molecule has 1 fully saturated rings. The fraction of sp³-hybridized carbons (Fsp3) is 0.417. The number of ether oxygens (including phenoxy) is 1. The molecule has 0 saturated carbocycles. The molecule has 92 valence electrons. The molecule has 1 heterocycles. The van der Waals surface area contributed by atoms with Crippen LogP contribution in [0.25, 0.3) is 0 Å². The minimum Gasteiger partial charge on any atom is -0.489 e. The molecule has 1 amide bonds. The van der Waals surface area contributed by atoms with Crippen molar-refractivity contribution in [3.05, 3.63) is 30.1 Å². The summed E-state index contributed by atoms with van der Waals surface area (Å²) in [4.78, 5) is 12.2. The third-order valence-corrected chi connectivity index (χ3v) is 2.90. The second-order valence-electron chi connectivity index (χ2n) is 4.21. The van der Waals surface area contributed by atoms with Crippen LogP contribution in [0.4, 0.5) is 9.18 Å². The first-order valence-electron chi connectivity index (χ1n) is 5.48. The van der Waals surface area contributed by atoms with E-state index in [0.29, 0.717) is 18.7 Å². The van der Waals surface area contributed by atoms with Crippen molar-refractivity contribution in [1.29, 1.82) is 0 Å². The van der Waals surface area contributed by atoms with E-state index in [-0.39, 0.29) is 18.0 Å². The van der Waals surface area contributed by atoms with Gasteiger partial charge in [0.15, 0.2) is 0 Å². The average Bonchev–Trinajstić information content (AvgIpc) is 2.63. The Hall–Kier alpha value is -1.78. The van der Waals surface area contributed by atoms with Crippen molar-refractivity contribution in [2.75, 3.05) is 6.54 Å². The van der Waals surface area contributed by atoms with E-state index < -0.39 is 6.09 Å². The molecule has 0 bridgehead atoms. The Bertz CT molecular complexity index is 407. The summed E-state index contributed by atoms with van der Waals surface area (Å²) in [6.45, 7) is 2.20. The second kappa shape index (κ2) is 4.61. The Morgan fingerprint density at radius 2 is 2.12 bits per heavy atom. The lowest BCUT2D eigenvalue weighted by Crippen LogP contribution is -2.33. The first-order chi connectivity index (χ1) is 8.06. The number of hydrogen-bond donors (Lipinski definition) is 1. The van der Waals surface area contributed by atoms with Gasteiger partial charge < -0.3 is 14.7 Å². The van der Waals surface area contributed by atoms with Gasteiger partial charge in [-0.3, -0.25) is 0 Å². The summed E-state index contributed by atoms with van der Waals surface area (Å²) in [5.41, 5.74) is 0. The predicted molar refractivity (Wildman–Crippen MR) is 59.6 cm³/mol. The highest BCUT2D eigenvalue weighted by Gasteiger charge is 2.33. The van der Waals surface area contributed by atoms with Gasteiger partial charge in [-0.1, -0.05) is 0 Å². The minimum absolute atomic E-state index is 0.0436. The van der Waals surface area contributed by atoms with E-state index in [0.717, 1.165) is 0 Å². The van der Waals surface area contributed by atoms with Gasteiger partial charge in [0.1, 0.15) is 17.7 Å². The molecule has 1 saturated heterocycles. The first kappa shape index (κ1) is 11.7. The van der Waals surface area contributed by atoms with Crippen molar-refractivity contribution in [3.8, 4) is 5.75 Å². The van der Waals surface area contributed by atoms with Crippen LogP contribution in [0.5, 0.6) is 5.75 Å². The van der Waals surface area contributed by atoms with Gasteiger partial charge in [-0.25, -0.2) is 9.18 Å². The fourth-order valence-corrected chi connectivity index (χ4v) is 2.04. The largest absolute Gasteiger partial charge is 0.489 e. The van der Waals surface area contributed by atoms with Crippen molar-refractivity contribution < 1.29 is 19.0 Å². The number of hydrogen-bond acceptors (Lipinski definition) is 2. The molecule has 4 nitrogen and oxygen atoms in total. The van der Waals surface area contributed by atoms with Crippen molar-refractivity contribution in [2.45, 2.75) is 25.5 Å². The normalized spacial score (nSPS) is 23.8. The lowest BCUT2D eigenvalue weighted by molar-refractivity contribution is 0.137. The topological polar surface area (TPSA) is 49.8 Å². The van der Waals surface area contributed by atoms with Crippen LogP contribution in [0, 0.1) is 5.82 Å². The monoisotopic (exact) mass is 239 g/mol. The molecule has 2 atom stereocenters. The number of carboxylic acid groups (broad SMARTS) is 1. The highest BCUT2D eigenvalue weighted by Crippen LogP contribution is 2.22. The number of halogens is 1. The molecule has 2 rings (SSSR count). The minimum atomic E-state index is -0.928. The van der Waals surface area contributed by atoms with E-state index in [4.69, 9.17) is 9.84 Å². The quantitative estimate of drug-likeness (QED) is 0.861. The zero-order valence-corrected chi connectivity index (χ0v) is 9.47. The number of amides is 1. The summed E-state index contributed by atoms with van der Waals surface area (Å²) in [7, 11) is 0. The van der Waals surface area contributed by atoms with E-state index >= 15 is 0 Å². The molecule has 1 aliphatic rings. The molecule has 1 unspecified atom stereocenters. The van der Waals surface area contributed by atoms with Crippen LogP contribution in [0.2, 0.25) is 0 Å². The molecule has 1 N–H and O–H groups in total. The lowest BCUT2D eigenvalue weighted by atomic mass is 10.2. The van der Waals surface area contributed by atoms with Gasteiger partial charge in [-0.15, -0.1) is 0 Å². The molecule has 1 aliphatic heterocycles. The van der Waals surface area contributed by atoms with E-state index in [9.17, 15) is 9.18 Å². The Morgan fingerprint density at radius 3 is 2.65 bits per heavy atom. The third kappa shape index (κ3) is 2.67. The smallest absolute Gasteiger partial charge is 0.407 e. The second-order valence-corrected chi connectivity index (χ2v) is 4.21. The van der Waals surface area contributed by atoms with Crippen molar-refractivity contribution in [1.82, 2.24) is 4.90 Å². The van der Waals surface area contributed by atoms with Gasteiger partial charge in [0.25, 0.3) is 0 Å². The van der Waals surface area contributed by atoms with E-state index in [1.807, 2.05) is 6.92 Å². The summed E-state index contributed by atoms with van der Waals surface area (Å²) in [6.07, 6.45) is -0.432. The first-order valence-corrected chi connectivity index (χ1v) is 5.48. The van der Waals surface area contributed by atoms with E-state index in [1.165, 1.54) is 17.0 Å². The van der Waals surface area contributed by atoms with Gasteiger partial charge in [0, 0.05) is 12.5 Å². The highest BCUT2D eigenvalue weighted by atomic mass is 19.1. The van der Waals surface area contributed by atoms with Crippen molar-refractivity contribution in [2.24, 2.45) is 0 Å². The molecular weight excluding hydrogens is 225 g/mol. The SMILES string of the molecule is CC1C[C@H](Oc2ccc(F)cc2)CN1C(=O)O. The van der Waals surface area contributed by atoms with Gasteiger partial charge >= 0.3 is 6.09 Å². The number of likely N-dealkylation sites (tertiary alicyclic amines) is 1. The van der Waals surface area contributed by atoms with Crippen LogP contribution >= 0.6 is 0 Å². The summed E-state index contributed by atoms with van der Waals surface area (Å²) < 4.78 is 18.3. The predicted octanol–water partition coefficient (Wildman–Crippen LogP) is 2.35. The summed E-state index contributed by atoms with van der Waals surface area (Å²) in [6, 6.07) is 5.69. The van der Waals surface area contributed by atoms with Crippen LogP contribution in [-0.2, 0) is 0 Å². The van der Waals surface area contributed by atoms with Crippen LogP contribution in [0.15, 0.2) is 24.3 Å². The number of rotatable bonds is 2. The van der Waals surface area contributed by atoms with Crippen LogP contribution < -0.4 is 4.74 Å². The molecule has 5 heteroatoms. The molecule has 1 aromatic carbocycles. The number of nitrogens with zero attached hydrogens (tertiary/aromatic N) is 1. The molecule has 1 aromatic rings. The average molecular weight is 239 g/mol. The summed E-state index contributed by atoms with van der Waals surface area (Å²) in [5, 5.41) is 8.92. The van der Waals surface area contributed by atoms with Crippen molar-refractivity contribution >= 4 is 6.09 Å². The third-order valence-electron chi connectivity index (χ3n) is 2.90. The number of benzene rings is 1. The molecule has 17 heavy (non-hydrogen) atoms. The van der Waals surface area contributed by atoms with E-state index in [1.54, 1.807) is 12.1 Å². The molecule has 0 radical (unpaired) electrons. The highest BCUT2D eigenvalue weighted by molar-refractivity contribution is 5.65. The Labute approximate surface area is 98.6 Å². The lowest BCUT2D eigenvalue weighted by Gasteiger charge is -2.16. The molecule has 0 aromatic heterocycles. The molecular formula is C12H14FNO3. The zero-order chi connectivity index (χ0) is 12.4. The maximum Gasteiger partial charge on any atom is 0.407 e. The van der Waals surface area contributed by atoms with Crippen LogP contribution in [0.3, 0.4) is 0 Å². The van der Waals surface area contributed by atoms with E-state index in [2.05, 4.69) is 0 Å². The number of carbonyl (C=O) groups is 1. The Kier molecular flexibility index (Phi) is 3.17. The maximum atomic E-state index is 12.7. The van der Waals surface area contributed by atoms with Gasteiger partial charge in [0.05, 0.1) is 6.54 Å². The standard InChI is InChI=1S/C12H14FNO3/c1-8-6-11(7-14(8)12(15)16)17-10-4-2-9(13)3-5-10/h2-5,8,11H,6-7H2,1H3,(H,15,16)/t8?,11-/m0/s1. The van der Waals surface area contributed by atoms with Gasteiger partial charge in [-0.05, 0) is 31.2 Å². The van der Waals surface area contributed by atoms with Crippen LogP contribution in [-0.4, -0.2) is 34.8 Å². The maximum absolute atomic E-state index is 12.7. The van der Waals surface area contributed by atoms with Gasteiger partial charge in [0.2, 0.25) is 0 Å². The molecule has 0 aliphatic carbocycles. The summed E-state index contributed by atoms with van der Waals surface area (Å²) in [5.74, 6) is 0.250. The fourth-order valence-electron chi connectivity index (χ4n) is 2.04. The summed E-state index contributed by atoms with van der Waals surface area (Å²) >= 11 is 0. The Morgan fingerprint density at radius 1 is 1.47 bits per heavy atom. The molecule has 0 spiro atoms. The van der Waals surface area contributed by atoms with Crippen LogP contribution in [0.1, 0.15) is 13.3 Å². The van der Waals surface area contributed by atoms with Crippen molar-refractivity contribution in [3.63, 3.8) is 0 Å². The Balaban J connectivity index is 1.97.